The van der Waals surface area contributed by atoms with E-state index in [9.17, 15) is 24.9 Å². The second-order valence-corrected chi connectivity index (χ2v) is 8.77. The molecule has 0 amide bonds. The van der Waals surface area contributed by atoms with Crippen LogP contribution >= 0.6 is 0 Å². The monoisotopic (exact) mass is 418 g/mol. The van der Waals surface area contributed by atoms with Gasteiger partial charge in [-0.1, -0.05) is 45.0 Å². The Bertz CT molecular complexity index is 1060. The molecule has 0 heterocycles. The van der Waals surface area contributed by atoms with Crippen LogP contribution in [-0.2, 0) is 18.3 Å². The molecule has 0 aliphatic carbocycles. The molecule has 5 nitrogen and oxygen atoms in total. The molecule has 3 N–H and O–H groups in total. The first-order chi connectivity index (χ1) is 14.6. The zero-order valence-electron chi connectivity index (χ0n) is 17.8. The van der Waals surface area contributed by atoms with Crippen LogP contribution in [0.25, 0.3) is 0 Å². The fourth-order valence-corrected chi connectivity index (χ4v) is 3.52. The number of carbonyl (C=O) groups is 2. The number of hydrogen-bond donors (Lipinski definition) is 3. The summed E-state index contributed by atoms with van der Waals surface area (Å²) in [5, 5.41) is 30.5. The van der Waals surface area contributed by atoms with Crippen molar-refractivity contribution in [3.63, 3.8) is 0 Å². The van der Waals surface area contributed by atoms with Gasteiger partial charge < -0.3 is 15.3 Å². The molecule has 0 spiro atoms. The average molecular weight is 418 g/mol. The molecule has 0 bridgehead atoms. The molecule has 0 atom stereocenters. The number of phenols is 3. The summed E-state index contributed by atoms with van der Waals surface area (Å²) >= 11 is 0. The lowest BCUT2D eigenvalue weighted by atomic mass is 9.83. The summed E-state index contributed by atoms with van der Waals surface area (Å²) in [4.78, 5) is 22.3. The molecule has 0 fully saturated rings. The van der Waals surface area contributed by atoms with Crippen molar-refractivity contribution in [1.82, 2.24) is 0 Å². The van der Waals surface area contributed by atoms with Gasteiger partial charge in [-0.25, -0.2) is 0 Å². The summed E-state index contributed by atoms with van der Waals surface area (Å²) in [6.07, 6.45) is 1.98. The molecule has 0 aliphatic rings. The van der Waals surface area contributed by atoms with Gasteiger partial charge in [-0.05, 0) is 57.5 Å². The van der Waals surface area contributed by atoms with Crippen LogP contribution in [0.2, 0.25) is 0 Å². The fourth-order valence-electron chi connectivity index (χ4n) is 3.52. The van der Waals surface area contributed by atoms with Gasteiger partial charge in [-0.2, -0.15) is 0 Å². The topological polar surface area (TPSA) is 94.8 Å². The molecular weight excluding hydrogens is 392 g/mol. The highest BCUT2D eigenvalue weighted by Gasteiger charge is 2.19. The van der Waals surface area contributed by atoms with Crippen LogP contribution < -0.4 is 0 Å². The van der Waals surface area contributed by atoms with Crippen molar-refractivity contribution >= 4 is 12.6 Å². The van der Waals surface area contributed by atoms with Crippen LogP contribution in [0, 0.1) is 0 Å². The lowest BCUT2D eigenvalue weighted by Gasteiger charge is -2.23. The molecule has 3 aromatic carbocycles. The van der Waals surface area contributed by atoms with E-state index in [0.29, 0.717) is 36.5 Å². The minimum absolute atomic E-state index is 0.0783. The standard InChI is InChI=1S/C26H26O5/c1-26(2,3)22-12-18(8-16-4-6-23(29)20(10-16)14-27)25(31)19(13-22)9-17-5-7-24(30)21(11-17)15-28/h4-7,10-15,29-31H,8-9H2,1-3H3. The first-order valence-corrected chi connectivity index (χ1v) is 10.0. The Labute approximate surface area is 181 Å². The molecule has 0 unspecified atom stereocenters. The zero-order chi connectivity index (χ0) is 22.8. The van der Waals surface area contributed by atoms with Crippen LogP contribution in [0.1, 0.15) is 69.3 Å². The predicted molar refractivity (Wildman–Crippen MR) is 119 cm³/mol. The smallest absolute Gasteiger partial charge is 0.153 e. The Hall–Kier alpha value is -3.60. The molecule has 0 aliphatic heterocycles. The highest BCUT2D eigenvalue weighted by atomic mass is 16.3. The molecular formula is C26H26O5. The molecule has 5 heteroatoms. The van der Waals surface area contributed by atoms with Crippen LogP contribution in [-0.4, -0.2) is 27.9 Å². The van der Waals surface area contributed by atoms with Gasteiger partial charge in [0.1, 0.15) is 17.2 Å². The van der Waals surface area contributed by atoms with Gasteiger partial charge in [0.15, 0.2) is 12.6 Å². The van der Waals surface area contributed by atoms with Crippen molar-refractivity contribution in [3.05, 3.63) is 87.5 Å². The van der Waals surface area contributed by atoms with Crippen molar-refractivity contribution in [2.45, 2.75) is 39.0 Å². The third kappa shape index (κ3) is 4.94. The second kappa shape index (κ2) is 8.64. The number of aldehydes is 2. The SMILES string of the molecule is CC(C)(C)c1cc(Cc2ccc(O)c(C=O)c2)c(O)c(Cc2ccc(O)c(C=O)c2)c1. The number of aromatic hydroxyl groups is 3. The van der Waals surface area contributed by atoms with Crippen LogP contribution in [0.3, 0.4) is 0 Å². The highest BCUT2D eigenvalue weighted by Crippen LogP contribution is 2.34. The maximum atomic E-state index is 11.2. The van der Waals surface area contributed by atoms with Crippen molar-refractivity contribution < 1.29 is 24.9 Å². The number of rotatable bonds is 6. The van der Waals surface area contributed by atoms with E-state index in [-0.39, 0.29) is 33.8 Å². The van der Waals surface area contributed by atoms with E-state index in [0.717, 1.165) is 16.7 Å². The minimum Gasteiger partial charge on any atom is -0.507 e. The lowest BCUT2D eigenvalue weighted by Crippen LogP contribution is -2.13. The quantitative estimate of drug-likeness (QED) is 0.495. The van der Waals surface area contributed by atoms with E-state index in [4.69, 9.17) is 0 Å². The average Bonchev–Trinajstić information content (AvgIpc) is 2.72. The molecule has 0 radical (unpaired) electrons. The summed E-state index contributed by atoms with van der Waals surface area (Å²) in [6, 6.07) is 13.5. The summed E-state index contributed by atoms with van der Waals surface area (Å²) < 4.78 is 0. The Morgan fingerprint density at radius 2 is 1.13 bits per heavy atom. The lowest BCUT2D eigenvalue weighted by molar-refractivity contribution is 0.111. The van der Waals surface area contributed by atoms with Gasteiger partial charge in [0, 0.05) is 12.8 Å². The van der Waals surface area contributed by atoms with Gasteiger partial charge >= 0.3 is 0 Å². The number of carbonyl (C=O) groups excluding carboxylic acids is 2. The van der Waals surface area contributed by atoms with Crippen molar-refractivity contribution in [1.29, 1.82) is 0 Å². The molecule has 0 aromatic heterocycles. The molecule has 3 aromatic rings. The Morgan fingerprint density at radius 1 is 0.710 bits per heavy atom. The minimum atomic E-state index is -0.164. The summed E-state index contributed by atoms with van der Waals surface area (Å²) in [7, 11) is 0. The van der Waals surface area contributed by atoms with Crippen molar-refractivity contribution in [2.24, 2.45) is 0 Å². The summed E-state index contributed by atoms with van der Waals surface area (Å²) in [5.41, 5.74) is 4.28. The Balaban J connectivity index is 2.06. The molecule has 0 saturated heterocycles. The zero-order valence-corrected chi connectivity index (χ0v) is 17.8. The Kier molecular flexibility index (Phi) is 6.16. The normalized spacial score (nSPS) is 11.3. The van der Waals surface area contributed by atoms with E-state index < -0.39 is 0 Å². The molecule has 31 heavy (non-hydrogen) atoms. The Morgan fingerprint density at radius 3 is 1.48 bits per heavy atom. The second-order valence-electron chi connectivity index (χ2n) is 8.77. The first-order valence-electron chi connectivity index (χ1n) is 10.0. The first kappa shape index (κ1) is 22.1. The van der Waals surface area contributed by atoms with Gasteiger partial charge in [-0.15, -0.1) is 0 Å². The van der Waals surface area contributed by atoms with Gasteiger partial charge in [0.05, 0.1) is 11.1 Å². The molecule has 160 valence electrons. The van der Waals surface area contributed by atoms with Crippen LogP contribution in [0.15, 0.2) is 48.5 Å². The van der Waals surface area contributed by atoms with Gasteiger partial charge in [0.25, 0.3) is 0 Å². The molecule has 0 saturated carbocycles. The molecule has 3 rings (SSSR count). The number of phenolic OH excluding ortho intramolecular Hbond substituents is 3. The van der Waals surface area contributed by atoms with E-state index in [2.05, 4.69) is 20.8 Å². The van der Waals surface area contributed by atoms with Gasteiger partial charge in [0.2, 0.25) is 0 Å². The van der Waals surface area contributed by atoms with Crippen LogP contribution in [0.4, 0.5) is 0 Å². The summed E-state index contributed by atoms with van der Waals surface area (Å²) in [5.74, 6) is -0.00899. The third-order valence-electron chi connectivity index (χ3n) is 5.36. The van der Waals surface area contributed by atoms with Crippen molar-refractivity contribution in [3.8, 4) is 17.2 Å². The maximum absolute atomic E-state index is 11.2. The third-order valence-corrected chi connectivity index (χ3v) is 5.36. The van der Waals surface area contributed by atoms with E-state index in [1.165, 1.54) is 12.1 Å². The number of benzene rings is 3. The van der Waals surface area contributed by atoms with Crippen LogP contribution in [0.5, 0.6) is 17.2 Å². The summed E-state index contributed by atoms with van der Waals surface area (Å²) in [6.45, 7) is 6.26. The van der Waals surface area contributed by atoms with Gasteiger partial charge in [-0.3, -0.25) is 9.59 Å². The predicted octanol–water partition coefficient (Wildman–Crippen LogP) is 4.91. The van der Waals surface area contributed by atoms with Crippen molar-refractivity contribution in [2.75, 3.05) is 0 Å². The fraction of sp³-hybridized carbons (Fsp3) is 0.231. The maximum Gasteiger partial charge on any atom is 0.153 e. The number of hydrogen-bond acceptors (Lipinski definition) is 5. The van der Waals surface area contributed by atoms with E-state index >= 15 is 0 Å². The van der Waals surface area contributed by atoms with E-state index in [1.54, 1.807) is 24.3 Å². The largest absolute Gasteiger partial charge is 0.507 e. The van der Waals surface area contributed by atoms with E-state index in [1.807, 2.05) is 12.1 Å². The highest BCUT2D eigenvalue weighted by molar-refractivity contribution is 5.80.